The van der Waals surface area contributed by atoms with Gasteiger partial charge in [0.05, 0.1) is 5.92 Å². The number of carbonyl (C=O) groups is 1. The summed E-state index contributed by atoms with van der Waals surface area (Å²) in [5.74, 6) is -0.822. The number of carboxylic acids is 1. The molecule has 1 aromatic carbocycles. The third-order valence-electron chi connectivity index (χ3n) is 4.02. The fraction of sp³-hybridized carbons (Fsp3) is 0.533. The molecular weight excluding hydrogens is 278 g/mol. The molecule has 1 aromatic rings. The smallest absolute Gasteiger partial charge is 0.307 e. The zero-order valence-electron chi connectivity index (χ0n) is 11.9. The normalized spacial score (nSPS) is 22.4. The first kappa shape index (κ1) is 15.1. The van der Waals surface area contributed by atoms with Crippen LogP contribution >= 0.6 is 11.6 Å². The van der Waals surface area contributed by atoms with Crippen molar-refractivity contribution in [2.24, 2.45) is 5.92 Å². The zero-order valence-corrected chi connectivity index (χ0v) is 12.7. The van der Waals surface area contributed by atoms with E-state index < -0.39 is 11.9 Å². The van der Waals surface area contributed by atoms with Crippen LogP contribution < -0.4 is 5.32 Å². The van der Waals surface area contributed by atoms with Crippen LogP contribution in [-0.4, -0.2) is 22.7 Å². The molecule has 110 valence electrons. The number of hydrogen-bond donors (Lipinski definition) is 3. The second kappa shape index (κ2) is 5.62. The van der Waals surface area contributed by atoms with Crippen LogP contribution in [0, 0.1) is 12.8 Å². The Hall–Kier alpha value is -1.26. The number of nitrogens with one attached hydrogen (secondary N) is 1. The molecule has 0 saturated carbocycles. The van der Waals surface area contributed by atoms with E-state index in [9.17, 15) is 9.90 Å². The van der Waals surface area contributed by atoms with Crippen LogP contribution in [0.1, 0.15) is 48.9 Å². The van der Waals surface area contributed by atoms with E-state index in [1.165, 1.54) is 0 Å². The van der Waals surface area contributed by atoms with Crippen molar-refractivity contribution in [3.05, 3.63) is 27.8 Å². The number of aliphatic carboxylic acids is 1. The van der Waals surface area contributed by atoms with Crippen LogP contribution in [0.25, 0.3) is 0 Å². The summed E-state index contributed by atoms with van der Waals surface area (Å²) in [6, 6.07) is 1.64. The van der Waals surface area contributed by atoms with Crippen LogP contribution in [0.3, 0.4) is 0 Å². The SMILES string of the molecule is Cc1c(Cl)cc(C(C)C)c(O)c1C1CC(C(=O)O)CN1. The predicted octanol–water partition coefficient (Wildman–Crippen LogP) is 3.21. The highest BCUT2D eigenvalue weighted by atomic mass is 35.5. The number of phenols is 1. The molecule has 2 unspecified atom stereocenters. The monoisotopic (exact) mass is 297 g/mol. The van der Waals surface area contributed by atoms with E-state index in [-0.39, 0.29) is 17.7 Å². The van der Waals surface area contributed by atoms with Crippen molar-refractivity contribution in [3.8, 4) is 5.75 Å². The minimum atomic E-state index is -0.803. The molecule has 1 aliphatic heterocycles. The Morgan fingerprint density at radius 2 is 2.15 bits per heavy atom. The summed E-state index contributed by atoms with van der Waals surface area (Å²) in [6.07, 6.45) is 0.474. The quantitative estimate of drug-likeness (QED) is 0.801. The number of rotatable bonds is 3. The van der Waals surface area contributed by atoms with Gasteiger partial charge in [-0.3, -0.25) is 4.79 Å². The number of phenolic OH excluding ortho intramolecular Hbond substituents is 1. The Morgan fingerprint density at radius 3 is 2.65 bits per heavy atom. The largest absolute Gasteiger partial charge is 0.507 e. The fourth-order valence-electron chi connectivity index (χ4n) is 2.79. The molecule has 0 amide bonds. The molecule has 0 radical (unpaired) electrons. The Morgan fingerprint density at radius 1 is 1.50 bits per heavy atom. The lowest BCUT2D eigenvalue weighted by Crippen LogP contribution is -2.18. The molecule has 3 N–H and O–H groups in total. The second-order valence-electron chi connectivity index (χ2n) is 5.72. The van der Waals surface area contributed by atoms with Gasteiger partial charge in [-0.2, -0.15) is 0 Å². The van der Waals surface area contributed by atoms with E-state index >= 15 is 0 Å². The van der Waals surface area contributed by atoms with Gasteiger partial charge in [-0.1, -0.05) is 25.4 Å². The zero-order chi connectivity index (χ0) is 15.0. The van der Waals surface area contributed by atoms with Crippen molar-refractivity contribution >= 4 is 17.6 Å². The maximum Gasteiger partial charge on any atom is 0.307 e. The van der Waals surface area contributed by atoms with Crippen LogP contribution in [0.5, 0.6) is 5.75 Å². The minimum absolute atomic E-state index is 0.156. The van der Waals surface area contributed by atoms with Crippen molar-refractivity contribution in [3.63, 3.8) is 0 Å². The van der Waals surface area contributed by atoms with Gasteiger partial charge in [0.25, 0.3) is 0 Å². The number of carboxylic acid groups (broad SMARTS) is 1. The average molecular weight is 298 g/mol. The van der Waals surface area contributed by atoms with Gasteiger partial charge in [-0.25, -0.2) is 0 Å². The molecule has 2 atom stereocenters. The molecule has 0 spiro atoms. The first-order chi connectivity index (χ1) is 9.32. The van der Waals surface area contributed by atoms with Gasteiger partial charge in [-0.05, 0) is 36.5 Å². The summed E-state index contributed by atoms with van der Waals surface area (Å²) >= 11 is 6.26. The number of hydrogen-bond acceptors (Lipinski definition) is 3. The lowest BCUT2D eigenvalue weighted by atomic mass is 9.90. The van der Waals surface area contributed by atoms with E-state index in [0.29, 0.717) is 18.0 Å². The fourth-order valence-corrected chi connectivity index (χ4v) is 3.00. The average Bonchev–Trinajstić information content (AvgIpc) is 2.83. The van der Waals surface area contributed by atoms with E-state index in [2.05, 4.69) is 5.32 Å². The number of halogens is 1. The molecule has 1 saturated heterocycles. The lowest BCUT2D eigenvalue weighted by Gasteiger charge is -2.21. The molecule has 1 aliphatic rings. The van der Waals surface area contributed by atoms with Gasteiger partial charge in [0.1, 0.15) is 5.75 Å². The molecule has 0 aliphatic carbocycles. The van der Waals surface area contributed by atoms with E-state index in [0.717, 1.165) is 16.7 Å². The topological polar surface area (TPSA) is 69.6 Å². The summed E-state index contributed by atoms with van der Waals surface area (Å²) in [4.78, 5) is 11.1. The molecule has 5 heteroatoms. The van der Waals surface area contributed by atoms with Crippen molar-refractivity contribution < 1.29 is 15.0 Å². The lowest BCUT2D eigenvalue weighted by molar-refractivity contribution is -0.141. The highest BCUT2D eigenvalue weighted by molar-refractivity contribution is 6.31. The van der Waals surface area contributed by atoms with E-state index in [4.69, 9.17) is 16.7 Å². The molecule has 2 rings (SSSR count). The second-order valence-corrected chi connectivity index (χ2v) is 6.13. The number of aromatic hydroxyl groups is 1. The molecule has 0 bridgehead atoms. The summed E-state index contributed by atoms with van der Waals surface area (Å²) in [5, 5.41) is 23.4. The maximum atomic E-state index is 11.1. The standard InChI is InChI=1S/C15H20ClNO3/c1-7(2)10-5-11(16)8(3)13(14(10)18)12-4-9(6-17-12)15(19)20/h5,7,9,12,17-18H,4,6H2,1-3H3,(H,19,20). The van der Waals surface area contributed by atoms with Gasteiger partial charge < -0.3 is 15.5 Å². The minimum Gasteiger partial charge on any atom is -0.507 e. The van der Waals surface area contributed by atoms with Gasteiger partial charge in [0, 0.05) is 23.2 Å². The van der Waals surface area contributed by atoms with E-state index in [1.54, 1.807) is 6.07 Å². The van der Waals surface area contributed by atoms with Crippen molar-refractivity contribution in [1.82, 2.24) is 5.32 Å². The molecule has 4 nitrogen and oxygen atoms in total. The van der Waals surface area contributed by atoms with Gasteiger partial charge in [0.2, 0.25) is 0 Å². The van der Waals surface area contributed by atoms with Crippen LogP contribution in [-0.2, 0) is 4.79 Å². The Kier molecular flexibility index (Phi) is 4.25. The third-order valence-corrected chi connectivity index (χ3v) is 4.42. The highest BCUT2D eigenvalue weighted by Gasteiger charge is 2.33. The summed E-state index contributed by atoms with van der Waals surface area (Å²) in [5.41, 5.74) is 2.36. The summed E-state index contributed by atoms with van der Waals surface area (Å²) in [7, 11) is 0. The first-order valence-electron chi connectivity index (χ1n) is 6.81. The molecular formula is C15H20ClNO3. The van der Waals surface area contributed by atoms with E-state index in [1.807, 2.05) is 20.8 Å². The van der Waals surface area contributed by atoms with Crippen molar-refractivity contribution in [2.75, 3.05) is 6.54 Å². The first-order valence-corrected chi connectivity index (χ1v) is 7.18. The third kappa shape index (κ3) is 2.63. The molecule has 1 fully saturated rings. The summed E-state index contributed by atoms with van der Waals surface area (Å²) < 4.78 is 0. The van der Waals surface area contributed by atoms with Crippen LogP contribution in [0.15, 0.2) is 6.07 Å². The molecule has 20 heavy (non-hydrogen) atoms. The summed E-state index contributed by atoms with van der Waals surface area (Å²) in [6.45, 7) is 6.26. The Labute approximate surface area is 123 Å². The van der Waals surface area contributed by atoms with Crippen molar-refractivity contribution in [1.29, 1.82) is 0 Å². The Bertz CT molecular complexity index is 542. The maximum absolute atomic E-state index is 11.1. The Balaban J connectivity index is 2.44. The van der Waals surface area contributed by atoms with Gasteiger partial charge >= 0.3 is 5.97 Å². The van der Waals surface area contributed by atoms with Crippen molar-refractivity contribution in [2.45, 2.75) is 39.2 Å². The molecule has 1 heterocycles. The van der Waals surface area contributed by atoms with Crippen LogP contribution in [0.2, 0.25) is 5.02 Å². The van der Waals surface area contributed by atoms with Gasteiger partial charge in [-0.15, -0.1) is 0 Å². The van der Waals surface area contributed by atoms with Crippen LogP contribution in [0.4, 0.5) is 0 Å². The predicted molar refractivity (Wildman–Crippen MR) is 78.4 cm³/mol. The molecule has 0 aromatic heterocycles. The highest BCUT2D eigenvalue weighted by Crippen LogP contribution is 2.42. The van der Waals surface area contributed by atoms with Gasteiger partial charge in [0.15, 0.2) is 0 Å². The number of benzene rings is 1.